The number of carbonyl (C=O) groups is 1. The highest BCUT2D eigenvalue weighted by molar-refractivity contribution is 7.92. The molecule has 0 aliphatic rings. The monoisotopic (exact) mass is 390 g/mol. The number of ether oxygens (including phenoxy) is 1. The van der Waals surface area contributed by atoms with Gasteiger partial charge in [0, 0.05) is 0 Å². The van der Waals surface area contributed by atoms with Crippen LogP contribution in [-0.2, 0) is 21.2 Å². The van der Waals surface area contributed by atoms with Crippen LogP contribution < -0.4 is 14.4 Å². The van der Waals surface area contributed by atoms with Gasteiger partial charge in [-0.25, -0.2) is 8.42 Å². The molecule has 0 aliphatic heterocycles. The molecule has 6 nitrogen and oxygen atoms in total. The highest BCUT2D eigenvalue weighted by atomic mass is 32.2. The molecule has 1 amide bonds. The van der Waals surface area contributed by atoms with Crippen molar-refractivity contribution in [2.45, 2.75) is 26.3 Å². The van der Waals surface area contributed by atoms with E-state index in [1.54, 1.807) is 37.3 Å². The number of hydrogen-bond donors (Lipinski definition) is 1. The van der Waals surface area contributed by atoms with Crippen molar-refractivity contribution in [1.29, 1.82) is 0 Å². The number of hydrogen-bond acceptors (Lipinski definition) is 4. The maximum absolute atomic E-state index is 12.4. The summed E-state index contributed by atoms with van der Waals surface area (Å²) in [5, 5.41) is 2.73. The SMILES string of the molecule is CCc1ccc(OCCNC(=O)[C@H](C)N(c2ccccc2)S(C)(=O)=O)cc1. The maximum atomic E-state index is 12.4. The van der Waals surface area contributed by atoms with Gasteiger partial charge in [-0.1, -0.05) is 37.3 Å². The van der Waals surface area contributed by atoms with Crippen molar-refractivity contribution >= 4 is 21.6 Å². The quantitative estimate of drug-likeness (QED) is 0.668. The molecule has 0 fully saturated rings. The number of nitrogens with zero attached hydrogens (tertiary/aromatic N) is 1. The van der Waals surface area contributed by atoms with Gasteiger partial charge in [0.1, 0.15) is 18.4 Å². The van der Waals surface area contributed by atoms with E-state index in [4.69, 9.17) is 4.74 Å². The smallest absolute Gasteiger partial charge is 0.243 e. The topological polar surface area (TPSA) is 75.7 Å². The highest BCUT2D eigenvalue weighted by Crippen LogP contribution is 2.20. The zero-order valence-corrected chi connectivity index (χ0v) is 16.7. The molecule has 7 heteroatoms. The normalized spacial score (nSPS) is 12.3. The van der Waals surface area contributed by atoms with Gasteiger partial charge in [0.2, 0.25) is 15.9 Å². The molecule has 2 aromatic carbocycles. The Bertz CT molecular complexity index is 836. The Morgan fingerprint density at radius 3 is 2.30 bits per heavy atom. The number of nitrogens with one attached hydrogen (secondary N) is 1. The van der Waals surface area contributed by atoms with Crippen molar-refractivity contribution in [1.82, 2.24) is 5.32 Å². The van der Waals surface area contributed by atoms with Crippen LogP contribution in [0.15, 0.2) is 54.6 Å². The molecule has 0 bridgehead atoms. The van der Waals surface area contributed by atoms with Crippen molar-refractivity contribution in [3.05, 3.63) is 60.2 Å². The summed E-state index contributed by atoms with van der Waals surface area (Å²) < 4.78 is 31.1. The lowest BCUT2D eigenvalue weighted by atomic mass is 10.2. The van der Waals surface area contributed by atoms with Crippen LogP contribution in [0.2, 0.25) is 0 Å². The van der Waals surface area contributed by atoms with Gasteiger partial charge in [-0.3, -0.25) is 9.10 Å². The fraction of sp³-hybridized carbons (Fsp3) is 0.350. The minimum absolute atomic E-state index is 0.283. The fourth-order valence-electron chi connectivity index (χ4n) is 2.70. The number of sulfonamides is 1. The second-order valence-corrected chi connectivity index (χ2v) is 8.07. The summed E-state index contributed by atoms with van der Waals surface area (Å²) in [6, 6.07) is 15.5. The Labute approximate surface area is 161 Å². The first-order chi connectivity index (χ1) is 12.8. The molecule has 0 saturated carbocycles. The lowest BCUT2D eigenvalue weighted by Crippen LogP contribution is -2.48. The van der Waals surface area contributed by atoms with Crippen molar-refractivity contribution in [3.8, 4) is 5.75 Å². The summed E-state index contributed by atoms with van der Waals surface area (Å²) in [5.41, 5.74) is 1.68. The molecule has 0 aromatic heterocycles. The predicted octanol–water partition coefficient (Wildman–Crippen LogP) is 2.60. The molecule has 0 spiro atoms. The van der Waals surface area contributed by atoms with Crippen LogP contribution in [0.3, 0.4) is 0 Å². The van der Waals surface area contributed by atoms with E-state index in [9.17, 15) is 13.2 Å². The van der Waals surface area contributed by atoms with Gasteiger partial charge in [-0.05, 0) is 43.2 Å². The van der Waals surface area contributed by atoms with E-state index in [0.29, 0.717) is 12.3 Å². The van der Waals surface area contributed by atoms with Crippen LogP contribution in [0.4, 0.5) is 5.69 Å². The molecule has 0 saturated heterocycles. The molecular weight excluding hydrogens is 364 g/mol. The fourth-order valence-corrected chi connectivity index (χ4v) is 3.87. The third-order valence-electron chi connectivity index (χ3n) is 4.10. The van der Waals surface area contributed by atoms with Crippen LogP contribution in [-0.4, -0.2) is 39.8 Å². The minimum Gasteiger partial charge on any atom is -0.492 e. The van der Waals surface area contributed by atoms with Gasteiger partial charge in [0.05, 0.1) is 18.5 Å². The molecule has 146 valence electrons. The van der Waals surface area contributed by atoms with Crippen molar-refractivity contribution < 1.29 is 17.9 Å². The molecule has 0 unspecified atom stereocenters. The molecule has 0 heterocycles. The van der Waals surface area contributed by atoms with E-state index in [0.717, 1.165) is 22.7 Å². The van der Waals surface area contributed by atoms with Crippen molar-refractivity contribution in [2.75, 3.05) is 23.7 Å². The third kappa shape index (κ3) is 5.99. The van der Waals surface area contributed by atoms with E-state index in [1.165, 1.54) is 5.56 Å². The Morgan fingerprint density at radius 2 is 1.74 bits per heavy atom. The molecule has 2 aromatic rings. The average Bonchev–Trinajstić information content (AvgIpc) is 2.65. The molecular formula is C20H26N2O4S. The Balaban J connectivity index is 1.91. The Kier molecular flexibility index (Phi) is 7.24. The van der Waals surface area contributed by atoms with Crippen LogP contribution in [0.5, 0.6) is 5.75 Å². The molecule has 0 radical (unpaired) electrons. The first kappa shape index (κ1) is 20.8. The van der Waals surface area contributed by atoms with E-state index >= 15 is 0 Å². The number of carbonyl (C=O) groups excluding carboxylic acids is 1. The Morgan fingerprint density at radius 1 is 1.11 bits per heavy atom. The lowest BCUT2D eigenvalue weighted by molar-refractivity contribution is -0.121. The molecule has 0 aliphatic carbocycles. The largest absolute Gasteiger partial charge is 0.492 e. The van der Waals surface area contributed by atoms with Gasteiger partial charge in [-0.15, -0.1) is 0 Å². The van der Waals surface area contributed by atoms with E-state index in [2.05, 4.69) is 12.2 Å². The first-order valence-corrected chi connectivity index (χ1v) is 10.7. The second kappa shape index (κ2) is 9.41. The van der Waals surface area contributed by atoms with Crippen LogP contribution in [0, 0.1) is 0 Å². The number of anilines is 1. The summed E-state index contributed by atoms with van der Waals surface area (Å²) in [5.74, 6) is 0.353. The predicted molar refractivity (Wildman–Crippen MR) is 108 cm³/mol. The van der Waals surface area contributed by atoms with E-state index < -0.39 is 16.1 Å². The lowest BCUT2D eigenvalue weighted by Gasteiger charge is -2.28. The standard InChI is InChI=1S/C20H26N2O4S/c1-4-17-10-12-19(13-11-17)26-15-14-21-20(23)16(2)22(27(3,24)25)18-8-6-5-7-9-18/h5-13,16H,4,14-15H2,1-3H3,(H,21,23)/t16-/m0/s1. The van der Waals surface area contributed by atoms with Gasteiger partial charge in [0.15, 0.2) is 0 Å². The van der Waals surface area contributed by atoms with Crippen molar-refractivity contribution in [2.24, 2.45) is 0 Å². The summed E-state index contributed by atoms with van der Waals surface area (Å²) in [6.07, 6.45) is 2.05. The first-order valence-electron chi connectivity index (χ1n) is 8.87. The van der Waals surface area contributed by atoms with Crippen LogP contribution >= 0.6 is 0 Å². The third-order valence-corrected chi connectivity index (χ3v) is 5.34. The van der Waals surface area contributed by atoms with Crippen LogP contribution in [0.25, 0.3) is 0 Å². The molecule has 27 heavy (non-hydrogen) atoms. The Hall–Kier alpha value is -2.54. The van der Waals surface area contributed by atoms with E-state index in [1.807, 2.05) is 24.3 Å². The zero-order valence-electron chi connectivity index (χ0n) is 15.9. The van der Waals surface area contributed by atoms with Crippen molar-refractivity contribution in [3.63, 3.8) is 0 Å². The van der Waals surface area contributed by atoms with Gasteiger partial charge < -0.3 is 10.1 Å². The average molecular weight is 391 g/mol. The minimum atomic E-state index is -3.60. The summed E-state index contributed by atoms with van der Waals surface area (Å²) in [4.78, 5) is 12.4. The number of para-hydroxylation sites is 1. The van der Waals surface area contributed by atoms with Gasteiger partial charge in [-0.2, -0.15) is 0 Å². The summed E-state index contributed by atoms with van der Waals surface area (Å²) in [6.45, 7) is 4.23. The zero-order chi connectivity index (χ0) is 19.9. The molecule has 1 atom stereocenters. The number of amides is 1. The maximum Gasteiger partial charge on any atom is 0.243 e. The number of benzene rings is 2. The summed E-state index contributed by atoms with van der Waals surface area (Å²) >= 11 is 0. The second-order valence-electron chi connectivity index (χ2n) is 6.21. The molecule has 2 rings (SSSR count). The highest BCUT2D eigenvalue weighted by Gasteiger charge is 2.28. The van der Waals surface area contributed by atoms with Crippen LogP contribution in [0.1, 0.15) is 19.4 Å². The number of rotatable bonds is 9. The van der Waals surface area contributed by atoms with Gasteiger partial charge in [0.25, 0.3) is 0 Å². The summed E-state index contributed by atoms with van der Waals surface area (Å²) in [7, 11) is -3.60. The molecule has 1 N–H and O–H groups in total. The number of aryl methyl sites for hydroxylation is 1. The van der Waals surface area contributed by atoms with Gasteiger partial charge >= 0.3 is 0 Å². The van der Waals surface area contributed by atoms with E-state index in [-0.39, 0.29) is 12.5 Å².